The van der Waals surface area contributed by atoms with Crippen LogP contribution in [0.2, 0.25) is 0 Å². The van der Waals surface area contributed by atoms with Gasteiger partial charge in [0.1, 0.15) is 0 Å². The van der Waals surface area contributed by atoms with Crippen molar-refractivity contribution in [2.45, 2.75) is 37.6 Å². The Morgan fingerprint density at radius 1 is 1.38 bits per heavy atom. The average molecular weight is 179 g/mol. The molecule has 0 aromatic carbocycles. The third-order valence-electron chi connectivity index (χ3n) is 3.05. The van der Waals surface area contributed by atoms with Crippen LogP contribution < -0.4 is 5.73 Å². The molecule has 3 nitrogen and oxygen atoms in total. The summed E-state index contributed by atoms with van der Waals surface area (Å²) in [6.45, 7) is 0. The molecule has 0 radical (unpaired) electrons. The van der Waals surface area contributed by atoms with Crippen molar-refractivity contribution in [3.05, 3.63) is 18.0 Å². The van der Waals surface area contributed by atoms with Gasteiger partial charge in [-0.2, -0.15) is 5.10 Å². The molecule has 2 rings (SSSR count). The number of hydrogen-bond acceptors (Lipinski definition) is 2. The van der Waals surface area contributed by atoms with Gasteiger partial charge >= 0.3 is 0 Å². The smallest absolute Gasteiger partial charge is 0.0492 e. The molecule has 0 bridgehead atoms. The van der Waals surface area contributed by atoms with Crippen molar-refractivity contribution in [1.29, 1.82) is 0 Å². The molecule has 0 saturated heterocycles. The molecule has 0 atom stereocenters. The summed E-state index contributed by atoms with van der Waals surface area (Å²) in [4.78, 5) is 0. The van der Waals surface area contributed by atoms with E-state index in [4.69, 9.17) is 5.73 Å². The first kappa shape index (κ1) is 8.75. The van der Waals surface area contributed by atoms with Crippen LogP contribution in [0.15, 0.2) is 12.3 Å². The summed E-state index contributed by atoms with van der Waals surface area (Å²) in [5, 5.41) is 4.20. The molecule has 72 valence electrons. The van der Waals surface area contributed by atoms with Crippen molar-refractivity contribution >= 4 is 0 Å². The van der Waals surface area contributed by atoms with Gasteiger partial charge in [-0.05, 0) is 31.7 Å². The second-order valence-electron chi connectivity index (χ2n) is 3.99. The van der Waals surface area contributed by atoms with Gasteiger partial charge in [0.15, 0.2) is 0 Å². The van der Waals surface area contributed by atoms with Crippen molar-refractivity contribution in [2.75, 3.05) is 0 Å². The van der Waals surface area contributed by atoms with Crippen LogP contribution in [0.1, 0.15) is 37.3 Å². The predicted octanol–water partition coefficient (Wildman–Crippen LogP) is 1.41. The zero-order valence-electron chi connectivity index (χ0n) is 8.11. The molecule has 1 aliphatic rings. The van der Waals surface area contributed by atoms with Gasteiger partial charge in [0.05, 0.1) is 0 Å². The summed E-state index contributed by atoms with van der Waals surface area (Å²) in [5.74, 6) is 0.687. The summed E-state index contributed by atoms with van der Waals surface area (Å²) >= 11 is 0. The van der Waals surface area contributed by atoms with Crippen molar-refractivity contribution in [1.82, 2.24) is 9.78 Å². The first-order valence-corrected chi connectivity index (χ1v) is 5.01. The molecule has 1 saturated carbocycles. The average Bonchev–Trinajstić information content (AvgIpc) is 2.53. The molecule has 2 N–H and O–H groups in total. The number of aromatic nitrogens is 2. The van der Waals surface area contributed by atoms with Gasteiger partial charge in [0.25, 0.3) is 0 Å². The minimum atomic E-state index is 0.435. The molecule has 0 aliphatic heterocycles. The van der Waals surface area contributed by atoms with E-state index < -0.39 is 0 Å². The van der Waals surface area contributed by atoms with E-state index in [0.717, 1.165) is 12.8 Å². The van der Waals surface area contributed by atoms with Crippen LogP contribution in [0.3, 0.4) is 0 Å². The molecule has 0 unspecified atom stereocenters. The van der Waals surface area contributed by atoms with Crippen molar-refractivity contribution < 1.29 is 0 Å². The Morgan fingerprint density at radius 2 is 2.08 bits per heavy atom. The fraction of sp³-hybridized carbons (Fsp3) is 0.700. The lowest BCUT2D eigenvalue weighted by Crippen LogP contribution is -2.26. The zero-order valence-corrected chi connectivity index (χ0v) is 8.11. The van der Waals surface area contributed by atoms with E-state index in [1.807, 2.05) is 17.9 Å². The van der Waals surface area contributed by atoms with Gasteiger partial charge in [0.2, 0.25) is 0 Å². The minimum absolute atomic E-state index is 0.435. The molecule has 1 aliphatic carbocycles. The maximum Gasteiger partial charge on any atom is 0.0492 e. The fourth-order valence-electron chi connectivity index (χ4n) is 2.20. The molecule has 0 amide bonds. The summed E-state index contributed by atoms with van der Waals surface area (Å²) < 4.78 is 1.99. The Hall–Kier alpha value is -0.830. The van der Waals surface area contributed by atoms with E-state index in [-0.39, 0.29) is 0 Å². The summed E-state index contributed by atoms with van der Waals surface area (Å²) in [5.41, 5.74) is 7.23. The Kier molecular flexibility index (Phi) is 2.36. The lowest BCUT2D eigenvalue weighted by atomic mass is 9.84. The minimum Gasteiger partial charge on any atom is -0.328 e. The van der Waals surface area contributed by atoms with Crippen LogP contribution in [0.25, 0.3) is 0 Å². The van der Waals surface area contributed by atoms with E-state index in [1.54, 1.807) is 0 Å². The van der Waals surface area contributed by atoms with Crippen molar-refractivity contribution in [2.24, 2.45) is 12.8 Å². The largest absolute Gasteiger partial charge is 0.328 e. The molecular formula is C10H17N3. The van der Waals surface area contributed by atoms with E-state index in [9.17, 15) is 0 Å². The SMILES string of the molecule is Cn1nccc1C1CCC(N)CC1. The number of nitrogens with zero attached hydrogens (tertiary/aromatic N) is 2. The Morgan fingerprint density at radius 3 is 2.62 bits per heavy atom. The van der Waals surface area contributed by atoms with Gasteiger partial charge in [-0.3, -0.25) is 4.68 Å². The second-order valence-corrected chi connectivity index (χ2v) is 3.99. The molecule has 1 fully saturated rings. The third-order valence-corrected chi connectivity index (χ3v) is 3.05. The first-order chi connectivity index (χ1) is 6.27. The van der Waals surface area contributed by atoms with Gasteiger partial charge in [0, 0.05) is 30.9 Å². The molecule has 0 spiro atoms. The van der Waals surface area contributed by atoms with Crippen LogP contribution in [-0.4, -0.2) is 15.8 Å². The fourth-order valence-corrected chi connectivity index (χ4v) is 2.20. The highest BCUT2D eigenvalue weighted by atomic mass is 15.3. The number of nitrogens with two attached hydrogens (primary N) is 1. The second kappa shape index (κ2) is 3.50. The van der Waals surface area contributed by atoms with Gasteiger partial charge < -0.3 is 5.73 Å². The van der Waals surface area contributed by atoms with Gasteiger partial charge in [-0.15, -0.1) is 0 Å². The van der Waals surface area contributed by atoms with Gasteiger partial charge in [-0.25, -0.2) is 0 Å². The maximum atomic E-state index is 5.87. The third kappa shape index (κ3) is 1.75. The molecule has 1 heterocycles. The molecule has 1 aromatic rings. The zero-order chi connectivity index (χ0) is 9.26. The highest BCUT2D eigenvalue weighted by Gasteiger charge is 2.21. The maximum absolute atomic E-state index is 5.87. The van der Waals surface area contributed by atoms with Crippen LogP contribution >= 0.6 is 0 Å². The summed E-state index contributed by atoms with van der Waals surface area (Å²) in [6.07, 6.45) is 6.65. The Balaban J connectivity index is 2.06. The standard InChI is InChI=1S/C10H17N3/c1-13-10(6-7-12-13)8-2-4-9(11)5-3-8/h6-9H,2-5,11H2,1H3. The van der Waals surface area contributed by atoms with E-state index in [0.29, 0.717) is 12.0 Å². The number of hydrogen-bond donors (Lipinski definition) is 1. The lowest BCUT2D eigenvalue weighted by molar-refractivity contribution is 0.382. The summed E-state index contributed by atoms with van der Waals surface area (Å²) in [7, 11) is 2.02. The van der Waals surface area contributed by atoms with Gasteiger partial charge in [-0.1, -0.05) is 0 Å². The van der Waals surface area contributed by atoms with Crippen molar-refractivity contribution in [3.8, 4) is 0 Å². The van der Waals surface area contributed by atoms with Crippen LogP contribution in [0, 0.1) is 0 Å². The van der Waals surface area contributed by atoms with E-state index in [1.165, 1.54) is 18.5 Å². The normalized spacial score (nSPS) is 29.1. The quantitative estimate of drug-likeness (QED) is 0.708. The summed E-state index contributed by atoms with van der Waals surface area (Å²) in [6, 6.07) is 2.56. The molecule has 3 heteroatoms. The van der Waals surface area contributed by atoms with E-state index >= 15 is 0 Å². The molecular weight excluding hydrogens is 162 g/mol. The lowest BCUT2D eigenvalue weighted by Gasteiger charge is -2.25. The van der Waals surface area contributed by atoms with Crippen molar-refractivity contribution in [3.63, 3.8) is 0 Å². The monoisotopic (exact) mass is 179 g/mol. The highest BCUT2D eigenvalue weighted by molar-refractivity contribution is 5.08. The number of rotatable bonds is 1. The molecule has 1 aromatic heterocycles. The Labute approximate surface area is 78.9 Å². The van der Waals surface area contributed by atoms with Crippen LogP contribution in [-0.2, 0) is 7.05 Å². The topological polar surface area (TPSA) is 43.8 Å². The predicted molar refractivity (Wildman–Crippen MR) is 52.4 cm³/mol. The van der Waals surface area contributed by atoms with Crippen LogP contribution in [0.4, 0.5) is 0 Å². The number of aryl methyl sites for hydroxylation is 1. The highest BCUT2D eigenvalue weighted by Crippen LogP contribution is 2.31. The van der Waals surface area contributed by atoms with E-state index in [2.05, 4.69) is 11.2 Å². The molecule has 13 heavy (non-hydrogen) atoms. The first-order valence-electron chi connectivity index (χ1n) is 5.01. The van der Waals surface area contributed by atoms with Crippen LogP contribution in [0.5, 0.6) is 0 Å². The Bertz CT molecular complexity index is 271.